The maximum absolute atomic E-state index is 11.8. The molecule has 1 fully saturated rings. The van der Waals surface area contributed by atoms with Crippen LogP contribution in [-0.4, -0.2) is 25.3 Å². The van der Waals surface area contributed by atoms with Gasteiger partial charge in [-0.2, -0.15) is 0 Å². The van der Waals surface area contributed by atoms with E-state index in [9.17, 15) is 9.59 Å². The van der Waals surface area contributed by atoms with Crippen molar-refractivity contribution in [2.45, 2.75) is 18.9 Å². The molecule has 6 nitrogen and oxygen atoms in total. The highest BCUT2D eigenvalue weighted by Crippen LogP contribution is 2.16. The van der Waals surface area contributed by atoms with Gasteiger partial charge in [0.1, 0.15) is 5.58 Å². The highest BCUT2D eigenvalue weighted by Gasteiger charge is 2.16. The Balaban J connectivity index is 1.65. The lowest BCUT2D eigenvalue weighted by Gasteiger charge is -2.11. The summed E-state index contributed by atoms with van der Waals surface area (Å²) in [6, 6.07) is 5.99. The fourth-order valence-electron chi connectivity index (χ4n) is 2.35. The molecule has 1 aromatic heterocycles. The molecule has 6 heteroatoms. The zero-order valence-electron chi connectivity index (χ0n) is 11.4. The summed E-state index contributed by atoms with van der Waals surface area (Å²) in [5, 5.41) is 5.90. The van der Waals surface area contributed by atoms with E-state index in [2.05, 4.69) is 10.6 Å². The Morgan fingerprint density at radius 3 is 3.05 bits per heavy atom. The first-order valence-electron chi connectivity index (χ1n) is 6.90. The van der Waals surface area contributed by atoms with Crippen LogP contribution in [0.15, 0.2) is 39.7 Å². The molecule has 0 bridgehead atoms. The molecule has 2 aromatic rings. The smallest absolute Gasteiger partial charge is 0.319 e. The van der Waals surface area contributed by atoms with Gasteiger partial charge in [0.15, 0.2) is 5.43 Å². The number of amides is 2. The number of hydrogen-bond donors (Lipinski definition) is 2. The molecule has 0 radical (unpaired) electrons. The molecule has 1 saturated heterocycles. The minimum atomic E-state index is -0.315. The van der Waals surface area contributed by atoms with Gasteiger partial charge in [-0.15, -0.1) is 0 Å². The molecule has 2 amide bonds. The quantitative estimate of drug-likeness (QED) is 0.906. The van der Waals surface area contributed by atoms with E-state index in [0.29, 0.717) is 23.2 Å². The summed E-state index contributed by atoms with van der Waals surface area (Å²) in [6.07, 6.45) is 3.46. The van der Waals surface area contributed by atoms with Crippen molar-refractivity contribution >= 4 is 22.7 Å². The minimum absolute atomic E-state index is 0.0967. The average molecular weight is 288 g/mol. The first kappa shape index (κ1) is 13.6. The molecule has 1 aliphatic heterocycles. The van der Waals surface area contributed by atoms with Crippen molar-refractivity contribution in [3.63, 3.8) is 0 Å². The van der Waals surface area contributed by atoms with E-state index in [-0.39, 0.29) is 17.6 Å². The number of rotatable bonds is 3. The maximum atomic E-state index is 11.8. The third-order valence-corrected chi connectivity index (χ3v) is 3.43. The molecular weight excluding hydrogens is 272 g/mol. The monoisotopic (exact) mass is 288 g/mol. The molecule has 0 saturated carbocycles. The van der Waals surface area contributed by atoms with E-state index in [1.54, 1.807) is 18.2 Å². The molecule has 21 heavy (non-hydrogen) atoms. The second kappa shape index (κ2) is 5.97. The van der Waals surface area contributed by atoms with Gasteiger partial charge in [0.05, 0.1) is 17.8 Å². The predicted octanol–water partition coefficient (Wildman–Crippen LogP) is 2.09. The topological polar surface area (TPSA) is 80.6 Å². The van der Waals surface area contributed by atoms with Crippen molar-refractivity contribution < 1.29 is 13.9 Å². The molecule has 1 aliphatic rings. The third kappa shape index (κ3) is 3.22. The van der Waals surface area contributed by atoms with Crippen molar-refractivity contribution in [1.29, 1.82) is 0 Å². The summed E-state index contributed by atoms with van der Waals surface area (Å²) in [5.41, 5.74) is 0.901. The van der Waals surface area contributed by atoms with Crippen molar-refractivity contribution in [2.24, 2.45) is 0 Å². The van der Waals surface area contributed by atoms with Crippen molar-refractivity contribution in [3.8, 4) is 0 Å². The van der Waals surface area contributed by atoms with Gasteiger partial charge >= 0.3 is 6.03 Å². The average Bonchev–Trinajstić information content (AvgIpc) is 2.99. The number of fused-ring (bicyclic) bond motifs is 1. The summed E-state index contributed by atoms with van der Waals surface area (Å²) in [5.74, 6) is 0. The van der Waals surface area contributed by atoms with Crippen LogP contribution in [0, 0.1) is 0 Å². The van der Waals surface area contributed by atoms with Gasteiger partial charge in [0.25, 0.3) is 0 Å². The van der Waals surface area contributed by atoms with E-state index in [0.717, 1.165) is 19.4 Å². The highest BCUT2D eigenvalue weighted by atomic mass is 16.5. The third-order valence-electron chi connectivity index (χ3n) is 3.43. The van der Waals surface area contributed by atoms with Gasteiger partial charge in [-0.05, 0) is 31.0 Å². The fourth-order valence-corrected chi connectivity index (χ4v) is 2.35. The van der Waals surface area contributed by atoms with Crippen molar-refractivity contribution in [2.75, 3.05) is 18.5 Å². The lowest BCUT2D eigenvalue weighted by Crippen LogP contribution is -2.35. The number of ether oxygens (including phenoxy) is 1. The zero-order chi connectivity index (χ0) is 14.7. The minimum Gasteiger partial charge on any atom is -0.464 e. The van der Waals surface area contributed by atoms with Gasteiger partial charge < -0.3 is 19.8 Å². The molecule has 0 unspecified atom stereocenters. The number of carbonyl (C=O) groups is 1. The summed E-state index contributed by atoms with van der Waals surface area (Å²) < 4.78 is 10.7. The lowest BCUT2D eigenvalue weighted by molar-refractivity contribution is 0.112. The van der Waals surface area contributed by atoms with E-state index >= 15 is 0 Å². The second-order valence-corrected chi connectivity index (χ2v) is 4.97. The van der Waals surface area contributed by atoms with Crippen molar-refractivity contribution in [1.82, 2.24) is 5.32 Å². The van der Waals surface area contributed by atoms with Crippen LogP contribution in [0.3, 0.4) is 0 Å². The Hall–Kier alpha value is -2.34. The normalized spacial score (nSPS) is 17.8. The molecular formula is C15H16N2O4. The molecule has 0 spiro atoms. The van der Waals surface area contributed by atoms with E-state index in [1.807, 2.05) is 0 Å². The number of anilines is 1. The number of hydrogen-bond acceptors (Lipinski definition) is 4. The number of benzene rings is 1. The summed E-state index contributed by atoms with van der Waals surface area (Å²) in [4.78, 5) is 23.5. The van der Waals surface area contributed by atoms with Gasteiger partial charge in [-0.1, -0.05) is 0 Å². The summed E-state index contributed by atoms with van der Waals surface area (Å²) >= 11 is 0. The fraction of sp³-hybridized carbons (Fsp3) is 0.333. The van der Waals surface area contributed by atoms with Crippen LogP contribution in [0.5, 0.6) is 0 Å². The number of nitrogens with one attached hydrogen (secondary N) is 2. The Kier molecular flexibility index (Phi) is 3.87. The first-order chi connectivity index (χ1) is 10.2. The van der Waals surface area contributed by atoms with Gasteiger partial charge in [-0.25, -0.2) is 4.79 Å². The van der Waals surface area contributed by atoms with Crippen LogP contribution in [0.1, 0.15) is 12.8 Å². The van der Waals surface area contributed by atoms with Crippen LogP contribution in [0.4, 0.5) is 10.5 Å². The molecule has 2 heterocycles. The number of carbonyl (C=O) groups excluding carboxylic acids is 1. The molecule has 110 valence electrons. The van der Waals surface area contributed by atoms with Crippen LogP contribution >= 0.6 is 0 Å². The van der Waals surface area contributed by atoms with Crippen LogP contribution in [0.25, 0.3) is 11.0 Å². The first-order valence-corrected chi connectivity index (χ1v) is 6.90. The van der Waals surface area contributed by atoms with Crippen LogP contribution in [0.2, 0.25) is 0 Å². The molecule has 1 atom stereocenters. The number of urea groups is 1. The van der Waals surface area contributed by atoms with Crippen LogP contribution in [-0.2, 0) is 4.74 Å². The second-order valence-electron chi connectivity index (χ2n) is 4.97. The van der Waals surface area contributed by atoms with Gasteiger partial charge in [0.2, 0.25) is 0 Å². The van der Waals surface area contributed by atoms with E-state index in [4.69, 9.17) is 9.15 Å². The predicted molar refractivity (Wildman–Crippen MR) is 78.5 cm³/mol. The molecule has 3 rings (SSSR count). The zero-order valence-corrected chi connectivity index (χ0v) is 11.4. The Morgan fingerprint density at radius 2 is 2.24 bits per heavy atom. The lowest BCUT2D eigenvalue weighted by atomic mass is 10.2. The SMILES string of the molecule is O=C(NC[C@@H]1CCCO1)Nc1ccc2occc(=O)c2c1. The Bertz CT molecular complexity index is 704. The van der Waals surface area contributed by atoms with E-state index in [1.165, 1.54) is 12.3 Å². The Morgan fingerprint density at radius 1 is 1.33 bits per heavy atom. The molecule has 0 aliphatic carbocycles. The van der Waals surface area contributed by atoms with Gasteiger partial charge in [0, 0.05) is 24.9 Å². The Labute approximate surface area is 121 Å². The van der Waals surface area contributed by atoms with Crippen molar-refractivity contribution in [3.05, 3.63) is 40.8 Å². The highest BCUT2D eigenvalue weighted by molar-refractivity contribution is 5.92. The van der Waals surface area contributed by atoms with Gasteiger partial charge in [-0.3, -0.25) is 4.79 Å². The summed E-state index contributed by atoms with van der Waals surface area (Å²) in [7, 11) is 0. The molecule has 2 N–H and O–H groups in total. The summed E-state index contributed by atoms with van der Waals surface area (Å²) in [6.45, 7) is 1.25. The standard InChI is InChI=1S/C15H16N2O4/c18-13-5-7-21-14-4-3-10(8-12(13)14)17-15(19)16-9-11-2-1-6-20-11/h3-5,7-8,11H,1-2,6,9H2,(H2,16,17,19)/t11-/m0/s1. The van der Waals surface area contributed by atoms with Crippen LogP contribution < -0.4 is 16.1 Å². The maximum Gasteiger partial charge on any atom is 0.319 e. The molecule has 1 aromatic carbocycles. The largest absolute Gasteiger partial charge is 0.464 e. The van der Waals surface area contributed by atoms with E-state index < -0.39 is 0 Å².